The number of alkyl carbamates (subject to hydrolysis) is 1. The minimum Gasteiger partial charge on any atom is -0.444 e. The normalized spacial score (nSPS) is 22.6. The molecule has 1 saturated carbocycles. The lowest BCUT2D eigenvalue weighted by molar-refractivity contribution is -0.170. The lowest BCUT2D eigenvalue weighted by Gasteiger charge is -2.31. The van der Waals surface area contributed by atoms with E-state index in [2.05, 4.69) is 34.9 Å². The predicted octanol–water partition coefficient (Wildman–Crippen LogP) is 3.31. The molecule has 3 amide bonds. The van der Waals surface area contributed by atoms with Crippen LogP contribution in [0.5, 0.6) is 0 Å². The van der Waals surface area contributed by atoms with E-state index in [-0.39, 0.29) is 30.1 Å². The zero-order chi connectivity index (χ0) is 28.2. The molecular weight excluding hydrogens is 496 g/mol. The lowest BCUT2D eigenvalue weighted by Crippen LogP contribution is -2.54. The van der Waals surface area contributed by atoms with Crippen LogP contribution in [-0.2, 0) is 19.2 Å². The van der Waals surface area contributed by atoms with Crippen molar-refractivity contribution >= 4 is 17.9 Å². The summed E-state index contributed by atoms with van der Waals surface area (Å²) in [6.45, 7) is 6.76. The standard InChI is InChI=1S/C30H40N4O5/c1-29(2,3)39-28(37)31-20-30-17-23(30)18-34(27(36)25(32-30)16-26(35)33(4)38-5)19-24(21-12-8-6-9-13-21)22-14-10-7-11-15-22/h6-15,23-25,32H,16-20H2,1-5H3,(H,31,37)/t23?,25-,30?/m0/s1. The van der Waals surface area contributed by atoms with Crippen molar-refractivity contribution in [1.82, 2.24) is 20.6 Å². The van der Waals surface area contributed by atoms with Crippen molar-refractivity contribution in [2.45, 2.75) is 56.7 Å². The Balaban J connectivity index is 1.58. The first-order valence-corrected chi connectivity index (χ1v) is 13.5. The summed E-state index contributed by atoms with van der Waals surface area (Å²) in [5.74, 6) is -0.335. The molecule has 2 fully saturated rings. The molecule has 1 aliphatic carbocycles. The van der Waals surface area contributed by atoms with E-state index in [0.29, 0.717) is 19.6 Å². The Labute approximate surface area is 230 Å². The number of ether oxygens (including phenoxy) is 1. The first-order chi connectivity index (χ1) is 18.5. The molecule has 1 heterocycles. The van der Waals surface area contributed by atoms with E-state index in [1.807, 2.05) is 62.1 Å². The second-order valence-electron chi connectivity index (χ2n) is 11.5. The molecule has 1 aliphatic heterocycles. The quantitative estimate of drug-likeness (QED) is 0.477. The number of carbonyl (C=O) groups is 3. The van der Waals surface area contributed by atoms with Gasteiger partial charge in [0, 0.05) is 38.1 Å². The second-order valence-corrected chi connectivity index (χ2v) is 11.5. The smallest absolute Gasteiger partial charge is 0.407 e. The third-order valence-electron chi connectivity index (χ3n) is 7.50. The van der Waals surface area contributed by atoms with Crippen molar-refractivity contribution in [2.75, 3.05) is 33.8 Å². The van der Waals surface area contributed by atoms with E-state index >= 15 is 0 Å². The second kappa shape index (κ2) is 11.8. The third-order valence-corrected chi connectivity index (χ3v) is 7.50. The van der Waals surface area contributed by atoms with Crippen molar-refractivity contribution in [1.29, 1.82) is 0 Å². The first-order valence-electron chi connectivity index (χ1n) is 13.5. The Kier molecular flexibility index (Phi) is 8.61. The molecule has 0 radical (unpaired) electrons. The van der Waals surface area contributed by atoms with Crippen molar-refractivity contribution < 1.29 is 24.0 Å². The monoisotopic (exact) mass is 536 g/mol. The molecule has 0 bridgehead atoms. The molecular formula is C30H40N4O5. The first kappa shape index (κ1) is 28.6. The summed E-state index contributed by atoms with van der Waals surface area (Å²) in [5.41, 5.74) is 1.13. The molecule has 210 valence electrons. The fourth-order valence-corrected chi connectivity index (χ4v) is 5.30. The summed E-state index contributed by atoms with van der Waals surface area (Å²) in [7, 11) is 2.95. The zero-order valence-corrected chi connectivity index (χ0v) is 23.5. The average molecular weight is 537 g/mol. The third kappa shape index (κ3) is 7.16. The summed E-state index contributed by atoms with van der Waals surface area (Å²) in [6, 6.07) is 19.6. The highest BCUT2D eigenvalue weighted by molar-refractivity contribution is 5.88. The van der Waals surface area contributed by atoms with Crippen molar-refractivity contribution in [3.63, 3.8) is 0 Å². The minimum absolute atomic E-state index is 0.0273. The Morgan fingerprint density at radius 3 is 2.23 bits per heavy atom. The van der Waals surface area contributed by atoms with Crippen LogP contribution in [0.3, 0.4) is 0 Å². The summed E-state index contributed by atoms with van der Waals surface area (Å²) in [4.78, 5) is 46.1. The van der Waals surface area contributed by atoms with E-state index in [1.165, 1.54) is 14.2 Å². The van der Waals surface area contributed by atoms with Crippen LogP contribution in [0.4, 0.5) is 4.79 Å². The molecule has 2 unspecified atom stereocenters. The number of amides is 3. The number of fused-ring (bicyclic) bond motifs is 1. The van der Waals surface area contributed by atoms with Gasteiger partial charge in [-0.3, -0.25) is 19.7 Å². The summed E-state index contributed by atoms with van der Waals surface area (Å²) in [5, 5.41) is 7.47. The van der Waals surface area contributed by atoms with E-state index < -0.39 is 23.3 Å². The van der Waals surface area contributed by atoms with Gasteiger partial charge in [-0.1, -0.05) is 60.7 Å². The molecule has 3 atom stereocenters. The van der Waals surface area contributed by atoms with Gasteiger partial charge in [-0.2, -0.15) is 0 Å². The highest BCUT2D eigenvalue weighted by Crippen LogP contribution is 2.46. The molecule has 0 aromatic heterocycles. The molecule has 0 spiro atoms. The van der Waals surface area contributed by atoms with Crippen LogP contribution in [0.1, 0.15) is 50.7 Å². The Bertz CT molecular complexity index is 1110. The van der Waals surface area contributed by atoms with Crippen LogP contribution in [0, 0.1) is 5.92 Å². The topological polar surface area (TPSA) is 100 Å². The fourth-order valence-electron chi connectivity index (χ4n) is 5.30. The number of rotatable bonds is 9. The van der Waals surface area contributed by atoms with Gasteiger partial charge in [0.1, 0.15) is 5.60 Å². The molecule has 2 aromatic rings. The van der Waals surface area contributed by atoms with Crippen molar-refractivity contribution in [2.24, 2.45) is 5.92 Å². The maximum absolute atomic E-state index is 14.0. The molecule has 2 aliphatic rings. The highest BCUT2D eigenvalue weighted by Gasteiger charge is 2.59. The fraction of sp³-hybridized carbons (Fsp3) is 0.500. The van der Waals surface area contributed by atoms with Gasteiger partial charge in [0.2, 0.25) is 11.8 Å². The molecule has 9 nitrogen and oxygen atoms in total. The number of nitrogens with one attached hydrogen (secondary N) is 2. The Morgan fingerprint density at radius 1 is 1.10 bits per heavy atom. The summed E-state index contributed by atoms with van der Waals surface area (Å²) >= 11 is 0. The van der Waals surface area contributed by atoms with Crippen LogP contribution in [0.15, 0.2) is 60.7 Å². The van der Waals surface area contributed by atoms with Gasteiger partial charge in [-0.15, -0.1) is 0 Å². The van der Waals surface area contributed by atoms with Gasteiger partial charge in [0.15, 0.2) is 0 Å². The molecule has 4 rings (SSSR count). The Hall–Kier alpha value is -3.43. The van der Waals surface area contributed by atoms with Gasteiger partial charge < -0.3 is 15.0 Å². The predicted molar refractivity (Wildman–Crippen MR) is 148 cm³/mol. The number of hydrogen-bond donors (Lipinski definition) is 2. The number of nitrogens with zero attached hydrogens (tertiary/aromatic N) is 2. The van der Waals surface area contributed by atoms with E-state index in [9.17, 15) is 14.4 Å². The maximum atomic E-state index is 14.0. The lowest BCUT2D eigenvalue weighted by atomic mass is 9.90. The molecule has 2 aromatic carbocycles. The van der Waals surface area contributed by atoms with Gasteiger partial charge in [0.25, 0.3) is 0 Å². The minimum atomic E-state index is -0.754. The molecule has 9 heteroatoms. The van der Waals surface area contributed by atoms with E-state index in [0.717, 1.165) is 22.6 Å². The number of hydroxylamine groups is 2. The highest BCUT2D eigenvalue weighted by atomic mass is 16.7. The van der Waals surface area contributed by atoms with Crippen LogP contribution in [-0.4, -0.2) is 78.8 Å². The van der Waals surface area contributed by atoms with Gasteiger partial charge in [-0.25, -0.2) is 9.86 Å². The number of hydrogen-bond acceptors (Lipinski definition) is 6. The largest absolute Gasteiger partial charge is 0.444 e. The summed E-state index contributed by atoms with van der Waals surface area (Å²) < 4.78 is 5.42. The van der Waals surface area contributed by atoms with Crippen LogP contribution in [0.25, 0.3) is 0 Å². The Morgan fingerprint density at radius 2 is 1.69 bits per heavy atom. The average Bonchev–Trinajstić information content (AvgIpc) is 3.61. The van der Waals surface area contributed by atoms with Crippen LogP contribution < -0.4 is 10.6 Å². The molecule has 2 N–H and O–H groups in total. The summed E-state index contributed by atoms with van der Waals surface area (Å²) in [6.07, 6.45) is 0.220. The zero-order valence-electron chi connectivity index (χ0n) is 23.5. The molecule has 39 heavy (non-hydrogen) atoms. The molecule has 1 saturated heterocycles. The van der Waals surface area contributed by atoms with E-state index in [1.54, 1.807) is 0 Å². The van der Waals surface area contributed by atoms with Crippen LogP contribution in [0.2, 0.25) is 0 Å². The SMILES string of the molecule is CON(C)C(=O)C[C@@H]1NC2(CNC(=O)OC(C)(C)C)CC2CN(CC(c2ccccc2)c2ccccc2)C1=O. The van der Waals surface area contributed by atoms with Crippen molar-refractivity contribution in [3.05, 3.63) is 71.8 Å². The maximum Gasteiger partial charge on any atom is 0.407 e. The van der Waals surface area contributed by atoms with Crippen LogP contribution >= 0.6 is 0 Å². The van der Waals surface area contributed by atoms with E-state index in [4.69, 9.17) is 9.57 Å². The van der Waals surface area contributed by atoms with Gasteiger partial charge in [-0.05, 0) is 44.2 Å². The van der Waals surface area contributed by atoms with Gasteiger partial charge >= 0.3 is 6.09 Å². The van der Waals surface area contributed by atoms with Crippen molar-refractivity contribution in [3.8, 4) is 0 Å². The number of benzene rings is 2. The number of carbonyl (C=O) groups excluding carboxylic acids is 3. The van der Waals surface area contributed by atoms with Gasteiger partial charge in [0.05, 0.1) is 19.6 Å².